The van der Waals surface area contributed by atoms with Gasteiger partial charge in [-0.2, -0.15) is 0 Å². The molecular weight excluding hydrogens is 657 g/mol. The Bertz CT molecular complexity index is 831. The minimum atomic E-state index is 0. The van der Waals surface area contributed by atoms with Gasteiger partial charge in [-0.05, 0) is 141 Å². The molecule has 0 radical (unpaired) electrons. The maximum atomic E-state index is 5.39. The predicted octanol–water partition coefficient (Wildman–Crippen LogP) is 18.3. The molecule has 2 heterocycles. The van der Waals surface area contributed by atoms with Crippen molar-refractivity contribution in [2.75, 3.05) is 13.2 Å². The third-order valence-electron chi connectivity index (χ3n) is 10.8. The third-order valence-corrected chi connectivity index (χ3v) is 10.8. The highest BCUT2D eigenvalue weighted by atomic mass is 16.5. The number of allylic oxidation sites excluding steroid dienone is 4. The second-order valence-corrected chi connectivity index (χ2v) is 17.0. The average molecular weight is 765 g/mol. The lowest BCUT2D eigenvalue weighted by molar-refractivity contribution is 0.000174. The first-order valence-electron chi connectivity index (χ1n) is 20.3. The highest BCUT2D eigenvalue weighted by Gasteiger charge is 2.15. The van der Waals surface area contributed by atoms with Gasteiger partial charge in [0.25, 0.3) is 0 Å². The summed E-state index contributed by atoms with van der Waals surface area (Å²) in [5.41, 5.74) is 5.83. The molecule has 0 N–H and O–H groups in total. The van der Waals surface area contributed by atoms with Crippen LogP contribution in [0.1, 0.15) is 216 Å². The first-order valence-corrected chi connectivity index (χ1v) is 20.3. The van der Waals surface area contributed by atoms with Crippen molar-refractivity contribution >= 4 is 0 Å². The molecule has 54 heavy (non-hydrogen) atoms. The normalized spacial score (nSPS) is 27.9. The van der Waals surface area contributed by atoms with Crippen LogP contribution in [0.4, 0.5) is 0 Å². The molecule has 6 rings (SSSR count). The van der Waals surface area contributed by atoms with E-state index in [1.165, 1.54) is 101 Å². The summed E-state index contributed by atoms with van der Waals surface area (Å²) in [5.74, 6) is 5.52. The second-order valence-electron chi connectivity index (χ2n) is 17.0. The molecular formula is C52H108O2. The number of hydrogen-bond acceptors (Lipinski definition) is 2. The maximum absolute atomic E-state index is 5.39. The number of ether oxygens (including phenoxy) is 2. The molecule has 2 aliphatic heterocycles. The SMILES string of the molecule is C.C.C.C.C.C.CC1=CCC(C)CC1.CC1=CCC(C)CC1.CC1CCC(C)CC1.CC1CCC(C)OC1.CC1CCC(C)OC1.Cc1ccc(C)cc1.[HH]. The minimum Gasteiger partial charge on any atom is -0.378 e. The van der Waals surface area contributed by atoms with Crippen LogP contribution in [0.2, 0.25) is 0 Å². The zero-order chi connectivity index (χ0) is 35.9. The molecule has 5 aliphatic rings. The molecule has 6 unspecified atom stereocenters. The van der Waals surface area contributed by atoms with Crippen LogP contribution < -0.4 is 0 Å². The van der Waals surface area contributed by atoms with Crippen LogP contribution in [0.15, 0.2) is 47.6 Å². The second kappa shape index (κ2) is 38.5. The Balaban J connectivity index is -0.0000000980. The summed E-state index contributed by atoms with van der Waals surface area (Å²) in [4.78, 5) is 0. The summed E-state index contributed by atoms with van der Waals surface area (Å²) in [7, 11) is 0. The number of benzene rings is 1. The monoisotopic (exact) mass is 765 g/mol. The van der Waals surface area contributed by atoms with Crippen molar-refractivity contribution in [3.05, 3.63) is 58.7 Å². The van der Waals surface area contributed by atoms with Crippen LogP contribution in [0.3, 0.4) is 0 Å². The molecule has 2 nitrogen and oxygen atoms in total. The van der Waals surface area contributed by atoms with Crippen molar-refractivity contribution in [2.45, 2.75) is 230 Å². The smallest absolute Gasteiger partial charge is 0.0547 e. The van der Waals surface area contributed by atoms with Crippen LogP contribution in [0, 0.1) is 49.4 Å². The first kappa shape index (κ1) is 64.5. The molecule has 0 amide bonds. The number of rotatable bonds is 0. The van der Waals surface area contributed by atoms with Crippen LogP contribution in [-0.2, 0) is 9.47 Å². The van der Waals surface area contributed by atoms with Gasteiger partial charge in [-0.1, -0.05) is 170 Å². The molecule has 1 aromatic rings. The minimum absolute atomic E-state index is 0. The van der Waals surface area contributed by atoms with Crippen molar-refractivity contribution in [3.63, 3.8) is 0 Å². The van der Waals surface area contributed by atoms with Crippen molar-refractivity contribution in [2.24, 2.45) is 35.5 Å². The van der Waals surface area contributed by atoms with E-state index in [0.29, 0.717) is 12.2 Å². The summed E-state index contributed by atoms with van der Waals surface area (Å²) < 4.78 is 10.8. The van der Waals surface area contributed by atoms with Gasteiger partial charge < -0.3 is 9.47 Å². The largest absolute Gasteiger partial charge is 0.378 e. The van der Waals surface area contributed by atoms with E-state index in [1.54, 1.807) is 11.1 Å². The van der Waals surface area contributed by atoms with Gasteiger partial charge in [0.05, 0.1) is 12.2 Å². The molecule has 3 aliphatic carbocycles. The number of hydrogen-bond donors (Lipinski definition) is 0. The van der Waals surface area contributed by atoms with Crippen molar-refractivity contribution in [1.82, 2.24) is 0 Å². The zero-order valence-corrected chi connectivity index (χ0v) is 34.2. The van der Waals surface area contributed by atoms with Crippen LogP contribution in [0.25, 0.3) is 0 Å². The van der Waals surface area contributed by atoms with Gasteiger partial charge in [0, 0.05) is 14.6 Å². The molecule has 3 fully saturated rings. The van der Waals surface area contributed by atoms with Crippen molar-refractivity contribution in [1.29, 1.82) is 0 Å². The molecule has 328 valence electrons. The van der Waals surface area contributed by atoms with Gasteiger partial charge in [-0.25, -0.2) is 0 Å². The van der Waals surface area contributed by atoms with Gasteiger partial charge in [0.1, 0.15) is 0 Å². The zero-order valence-electron chi connectivity index (χ0n) is 34.2. The van der Waals surface area contributed by atoms with E-state index in [9.17, 15) is 0 Å². The molecule has 0 aromatic heterocycles. The van der Waals surface area contributed by atoms with Gasteiger partial charge in [0.2, 0.25) is 0 Å². The number of aryl methyl sites for hydroxylation is 2. The Labute approximate surface area is 347 Å². The van der Waals surface area contributed by atoms with Gasteiger partial charge in [0.15, 0.2) is 0 Å². The molecule has 0 spiro atoms. The summed E-state index contributed by atoms with van der Waals surface area (Å²) >= 11 is 0. The molecule has 1 aromatic carbocycles. The lowest BCUT2D eigenvalue weighted by Gasteiger charge is -2.23. The predicted molar refractivity (Wildman–Crippen MR) is 256 cm³/mol. The van der Waals surface area contributed by atoms with Crippen molar-refractivity contribution in [3.8, 4) is 0 Å². The Hall–Kier alpha value is -1.38. The fourth-order valence-electron chi connectivity index (χ4n) is 6.29. The fraction of sp³-hybridized carbons (Fsp3) is 0.808. The lowest BCUT2D eigenvalue weighted by Crippen LogP contribution is -2.21. The van der Waals surface area contributed by atoms with E-state index in [0.717, 1.165) is 48.7 Å². The summed E-state index contributed by atoms with van der Waals surface area (Å²) in [5, 5.41) is 0. The van der Waals surface area contributed by atoms with Crippen LogP contribution in [0.5, 0.6) is 0 Å². The van der Waals surface area contributed by atoms with Crippen LogP contribution in [-0.4, -0.2) is 25.4 Å². The molecule has 2 saturated heterocycles. The maximum Gasteiger partial charge on any atom is 0.0547 e. The Morgan fingerprint density at radius 3 is 0.852 bits per heavy atom. The molecule has 6 atom stereocenters. The van der Waals surface area contributed by atoms with E-state index in [4.69, 9.17) is 9.47 Å². The average Bonchev–Trinajstić information content (AvgIpc) is 3.07. The van der Waals surface area contributed by atoms with E-state index in [1.807, 2.05) is 0 Å². The van der Waals surface area contributed by atoms with Gasteiger partial charge >= 0.3 is 0 Å². The summed E-state index contributed by atoms with van der Waals surface area (Å²) in [6.07, 6.45) is 25.0. The van der Waals surface area contributed by atoms with E-state index >= 15 is 0 Å². The van der Waals surface area contributed by atoms with E-state index < -0.39 is 0 Å². The van der Waals surface area contributed by atoms with Gasteiger partial charge in [-0.15, -0.1) is 0 Å². The summed E-state index contributed by atoms with van der Waals surface area (Å²) in [6.45, 7) is 28.7. The van der Waals surface area contributed by atoms with Crippen LogP contribution >= 0.6 is 0 Å². The standard InChI is InChI=1S/C8H16.2C8H14.C8H10.2C7H14O.6CH4.H2/c4*1-7-3-5-8(2)6-4-7;2*1-6-3-4-7(2)8-5-6;;;;;;;/h7-8H,3-6H2,1-2H3;2*3,8H,4-6H2,1-2H3;3-6H,1-2H3;2*6-7H,3-5H2,1-2H3;6*1H4;1H. The fourth-order valence-corrected chi connectivity index (χ4v) is 6.29. The Kier molecular flexibility index (Phi) is 46.0. The molecule has 2 heteroatoms. The Morgan fingerprint density at radius 1 is 0.389 bits per heavy atom. The van der Waals surface area contributed by atoms with E-state index in [2.05, 4.69) is 120 Å². The lowest BCUT2D eigenvalue weighted by atomic mass is 9.84. The first-order chi connectivity index (χ1) is 22.7. The molecule has 1 saturated carbocycles. The highest BCUT2D eigenvalue weighted by Crippen LogP contribution is 2.27. The third kappa shape index (κ3) is 36.3. The van der Waals surface area contributed by atoms with Crippen molar-refractivity contribution < 1.29 is 10.9 Å². The topological polar surface area (TPSA) is 18.5 Å². The Morgan fingerprint density at radius 2 is 0.667 bits per heavy atom. The van der Waals surface area contributed by atoms with E-state index in [-0.39, 0.29) is 46.0 Å². The molecule has 0 bridgehead atoms. The summed E-state index contributed by atoms with van der Waals surface area (Å²) in [6, 6.07) is 8.48. The highest BCUT2D eigenvalue weighted by molar-refractivity contribution is 5.19. The quantitative estimate of drug-likeness (QED) is 0.245. The van der Waals surface area contributed by atoms with Gasteiger partial charge in [-0.3, -0.25) is 0 Å².